The van der Waals surface area contributed by atoms with Gasteiger partial charge < -0.3 is 14.2 Å². The molecule has 0 spiro atoms. The van der Waals surface area contributed by atoms with Gasteiger partial charge >= 0.3 is 6.09 Å². The molecule has 0 atom stereocenters. The van der Waals surface area contributed by atoms with Gasteiger partial charge in [-0.2, -0.15) is 0 Å². The number of benzene rings is 3. The predicted octanol–water partition coefficient (Wildman–Crippen LogP) is 5.73. The van der Waals surface area contributed by atoms with Gasteiger partial charge in [-0.05, 0) is 69.7 Å². The summed E-state index contributed by atoms with van der Waals surface area (Å²) in [6, 6.07) is 19.4. The van der Waals surface area contributed by atoms with Gasteiger partial charge in [-0.3, -0.25) is 14.8 Å². The zero-order chi connectivity index (χ0) is 29.1. The Kier molecular flexibility index (Phi) is 8.15. The second-order valence-corrected chi connectivity index (χ2v) is 12.0. The number of sulfonamides is 1. The molecule has 0 aliphatic heterocycles. The maximum absolute atomic E-state index is 13.2. The molecule has 210 valence electrons. The predicted molar refractivity (Wildman–Crippen MR) is 155 cm³/mol. The van der Waals surface area contributed by atoms with Crippen molar-refractivity contribution in [2.24, 2.45) is 0 Å². The van der Waals surface area contributed by atoms with Crippen LogP contribution in [0.25, 0.3) is 11.0 Å². The lowest BCUT2D eigenvalue weighted by Gasteiger charge is -2.30. The van der Waals surface area contributed by atoms with E-state index in [-0.39, 0.29) is 16.1 Å². The standard InChI is InChI=1S/C29H33N5O5S/c1-6-17-34-25-16-15-22(39-28(36)33(5)29(2,3)4)19-24(25)30-27(34)31-26(35)20-11-10-12-21(18-20)32-40(37,38)23-13-8-7-9-14-23/h7-16,18-19,32H,6,17H2,1-5H3,(H,30,31,35). The monoisotopic (exact) mass is 563 g/mol. The highest BCUT2D eigenvalue weighted by atomic mass is 32.2. The SMILES string of the molecule is CCCn1c(NC(=O)c2cccc(NS(=O)(=O)c3ccccc3)c2)nc2cc(OC(=O)N(C)C(C)(C)C)ccc21. The van der Waals surface area contributed by atoms with Crippen LogP contribution in [0.4, 0.5) is 16.4 Å². The van der Waals surface area contributed by atoms with Crippen molar-refractivity contribution in [3.63, 3.8) is 0 Å². The molecule has 4 rings (SSSR count). The lowest BCUT2D eigenvalue weighted by molar-refractivity contribution is 0.102. The van der Waals surface area contributed by atoms with Crippen molar-refractivity contribution >= 4 is 44.7 Å². The van der Waals surface area contributed by atoms with Gasteiger partial charge in [0, 0.05) is 36.4 Å². The summed E-state index contributed by atoms with van der Waals surface area (Å²) in [5, 5.41) is 2.84. The van der Waals surface area contributed by atoms with Gasteiger partial charge in [0.15, 0.2) is 0 Å². The molecule has 2 N–H and O–H groups in total. The first-order chi connectivity index (χ1) is 18.9. The summed E-state index contributed by atoms with van der Waals surface area (Å²) in [5.74, 6) is 0.213. The van der Waals surface area contributed by atoms with Crippen LogP contribution in [0.5, 0.6) is 5.75 Å². The molecular weight excluding hydrogens is 530 g/mol. The van der Waals surface area contributed by atoms with E-state index in [4.69, 9.17) is 4.74 Å². The van der Waals surface area contributed by atoms with Crippen LogP contribution in [0.15, 0.2) is 77.7 Å². The fourth-order valence-corrected chi connectivity index (χ4v) is 4.94. The van der Waals surface area contributed by atoms with Crippen LogP contribution in [0.1, 0.15) is 44.5 Å². The maximum Gasteiger partial charge on any atom is 0.415 e. The molecule has 3 aromatic carbocycles. The lowest BCUT2D eigenvalue weighted by atomic mass is 10.1. The molecule has 40 heavy (non-hydrogen) atoms. The molecule has 0 bridgehead atoms. The minimum absolute atomic E-state index is 0.119. The third-order valence-corrected chi connectivity index (χ3v) is 7.71. The van der Waals surface area contributed by atoms with Crippen LogP contribution in [0.2, 0.25) is 0 Å². The molecule has 0 fully saturated rings. The molecule has 1 aromatic heterocycles. The van der Waals surface area contributed by atoms with Crippen LogP contribution < -0.4 is 14.8 Å². The number of carbonyl (C=O) groups is 2. The van der Waals surface area contributed by atoms with Gasteiger partial charge in [0.2, 0.25) is 5.95 Å². The number of hydrogen-bond donors (Lipinski definition) is 2. The first-order valence-electron chi connectivity index (χ1n) is 12.8. The number of amides is 2. The summed E-state index contributed by atoms with van der Waals surface area (Å²) in [4.78, 5) is 32.0. The minimum Gasteiger partial charge on any atom is -0.410 e. The number of ether oxygens (including phenoxy) is 1. The molecule has 1 heterocycles. The number of rotatable bonds is 8. The Hall–Kier alpha value is -4.38. The Morgan fingerprint density at radius 2 is 1.73 bits per heavy atom. The molecule has 0 saturated heterocycles. The van der Waals surface area contributed by atoms with E-state index in [1.165, 1.54) is 23.1 Å². The van der Waals surface area contributed by atoms with Crippen molar-refractivity contribution in [3.05, 3.63) is 78.4 Å². The quantitative estimate of drug-likeness (QED) is 0.282. The molecular formula is C29H33N5O5S. The molecule has 0 aliphatic carbocycles. The van der Waals surface area contributed by atoms with Crippen LogP contribution in [-0.4, -0.2) is 47.5 Å². The number of aromatic nitrogens is 2. The van der Waals surface area contributed by atoms with E-state index in [0.29, 0.717) is 23.8 Å². The zero-order valence-corrected chi connectivity index (χ0v) is 24.0. The number of imidazole rings is 1. The Labute approximate surface area is 234 Å². The molecule has 0 aliphatic rings. The number of nitrogens with one attached hydrogen (secondary N) is 2. The highest BCUT2D eigenvalue weighted by molar-refractivity contribution is 7.92. The minimum atomic E-state index is -3.81. The molecule has 2 amide bonds. The Balaban J connectivity index is 1.56. The van der Waals surface area contributed by atoms with Gasteiger partial charge in [0.25, 0.3) is 15.9 Å². The summed E-state index contributed by atoms with van der Waals surface area (Å²) in [6.07, 6.45) is 0.300. The lowest BCUT2D eigenvalue weighted by Crippen LogP contribution is -2.44. The molecule has 0 radical (unpaired) electrons. The summed E-state index contributed by atoms with van der Waals surface area (Å²) in [7, 11) is -2.14. The third-order valence-electron chi connectivity index (χ3n) is 6.31. The van der Waals surface area contributed by atoms with Crippen LogP contribution >= 0.6 is 0 Å². The number of fused-ring (bicyclic) bond motifs is 1. The molecule has 11 heteroatoms. The fraction of sp³-hybridized carbons (Fsp3) is 0.276. The Morgan fingerprint density at radius 1 is 1.00 bits per heavy atom. The highest BCUT2D eigenvalue weighted by Gasteiger charge is 2.24. The fourth-order valence-electron chi connectivity index (χ4n) is 3.87. The van der Waals surface area contributed by atoms with Crippen molar-refractivity contribution in [2.75, 3.05) is 17.1 Å². The first kappa shape index (κ1) is 28.6. The highest BCUT2D eigenvalue weighted by Crippen LogP contribution is 2.26. The smallest absolute Gasteiger partial charge is 0.410 e. The van der Waals surface area contributed by atoms with Gasteiger partial charge in [0.1, 0.15) is 5.75 Å². The molecule has 0 unspecified atom stereocenters. The van der Waals surface area contributed by atoms with Gasteiger partial charge in [0.05, 0.1) is 15.9 Å². The van der Waals surface area contributed by atoms with E-state index in [1.807, 2.05) is 32.3 Å². The van der Waals surface area contributed by atoms with E-state index in [1.54, 1.807) is 61.6 Å². The number of aryl methyl sites for hydroxylation is 1. The summed E-state index contributed by atoms with van der Waals surface area (Å²) in [5.41, 5.74) is 1.43. The molecule has 10 nitrogen and oxygen atoms in total. The summed E-state index contributed by atoms with van der Waals surface area (Å²) < 4.78 is 35.4. The number of anilines is 2. The van der Waals surface area contributed by atoms with E-state index >= 15 is 0 Å². The van der Waals surface area contributed by atoms with Crippen LogP contribution in [0, 0.1) is 0 Å². The zero-order valence-electron chi connectivity index (χ0n) is 23.1. The van der Waals surface area contributed by atoms with E-state index < -0.39 is 27.6 Å². The van der Waals surface area contributed by atoms with Crippen molar-refractivity contribution in [1.82, 2.24) is 14.5 Å². The van der Waals surface area contributed by atoms with E-state index in [0.717, 1.165) is 11.9 Å². The molecule has 0 saturated carbocycles. The summed E-state index contributed by atoms with van der Waals surface area (Å²) >= 11 is 0. The van der Waals surface area contributed by atoms with Crippen LogP contribution in [-0.2, 0) is 16.6 Å². The number of carbonyl (C=O) groups excluding carboxylic acids is 2. The van der Waals surface area contributed by atoms with Crippen molar-refractivity contribution in [1.29, 1.82) is 0 Å². The first-order valence-corrected chi connectivity index (χ1v) is 14.3. The van der Waals surface area contributed by atoms with Crippen molar-refractivity contribution in [2.45, 2.75) is 51.1 Å². The largest absolute Gasteiger partial charge is 0.415 e. The normalized spacial score (nSPS) is 11.7. The Bertz CT molecular complexity index is 1640. The average Bonchev–Trinajstić information content (AvgIpc) is 3.24. The number of hydrogen-bond acceptors (Lipinski definition) is 6. The van der Waals surface area contributed by atoms with Gasteiger partial charge in [-0.1, -0.05) is 31.2 Å². The maximum atomic E-state index is 13.2. The topological polar surface area (TPSA) is 123 Å². The second-order valence-electron chi connectivity index (χ2n) is 10.3. The second kappa shape index (κ2) is 11.4. The van der Waals surface area contributed by atoms with Gasteiger partial charge in [-0.25, -0.2) is 18.2 Å². The van der Waals surface area contributed by atoms with Crippen LogP contribution in [0.3, 0.4) is 0 Å². The van der Waals surface area contributed by atoms with Crippen molar-refractivity contribution < 1.29 is 22.7 Å². The summed E-state index contributed by atoms with van der Waals surface area (Å²) in [6.45, 7) is 8.33. The average molecular weight is 564 g/mol. The molecule has 4 aromatic rings. The van der Waals surface area contributed by atoms with Crippen molar-refractivity contribution in [3.8, 4) is 5.75 Å². The van der Waals surface area contributed by atoms with E-state index in [2.05, 4.69) is 15.0 Å². The number of nitrogens with zero attached hydrogens (tertiary/aromatic N) is 3. The van der Waals surface area contributed by atoms with E-state index in [9.17, 15) is 18.0 Å². The third kappa shape index (κ3) is 6.42. The van der Waals surface area contributed by atoms with Gasteiger partial charge in [-0.15, -0.1) is 0 Å². The Morgan fingerprint density at radius 3 is 2.40 bits per heavy atom.